The molecule has 3 aliphatic rings. The zero-order valence-corrected chi connectivity index (χ0v) is 15.4. The third-order valence-corrected chi connectivity index (χ3v) is 6.87. The molecule has 1 aromatic rings. The largest absolute Gasteiger partial charge is 0.382 e. The number of rotatable bonds is 4. The normalized spacial score (nSPS) is 37.5. The summed E-state index contributed by atoms with van der Waals surface area (Å²) >= 11 is 0. The maximum atomic E-state index is 11.8. The lowest BCUT2D eigenvalue weighted by atomic mass is 9.41. The van der Waals surface area contributed by atoms with Crippen LogP contribution in [0.3, 0.4) is 0 Å². The minimum Gasteiger partial charge on any atom is -0.382 e. The molecule has 1 aromatic carbocycles. The van der Waals surface area contributed by atoms with Gasteiger partial charge in [-0.25, -0.2) is 0 Å². The lowest BCUT2D eigenvalue weighted by molar-refractivity contribution is -0.232. The first-order chi connectivity index (χ1) is 11.2. The molecule has 3 saturated carbocycles. The summed E-state index contributed by atoms with van der Waals surface area (Å²) in [6.07, 6.45) is 1.74. The van der Waals surface area contributed by atoms with E-state index in [0.29, 0.717) is 6.61 Å². The molecule has 4 rings (SSSR count). The van der Waals surface area contributed by atoms with Crippen molar-refractivity contribution in [2.75, 3.05) is 0 Å². The van der Waals surface area contributed by atoms with E-state index >= 15 is 0 Å². The van der Waals surface area contributed by atoms with Crippen LogP contribution >= 0.6 is 0 Å². The van der Waals surface area contributed by atoms with Crippen molar-refractivity contribution in [3.63, 3.8) is 0 Å². The van der Waals surface area contributed by atoms with Gasteiger partial charge >= 0.3 is 0 Å². The van der Waals surface area contributed by atoms with Crippen molar-refractivity contribution < 1.29 is 9.84 Å². The molecule has 0 spiro atoms. The highest BCUT2D eigenvalue weighted by Gasteiger charge is 2.68. The third-order valence-electron chi connectivity index (χ3n) is 6.87. The second-order valence-electron chi connectivity index (χ2n) is 8.44. The molecule has 2 bridgehead atoms. The number of ether oxygens (including phenoxy) is 1. The topological polar surface area (TPSA) is 29.5 Å². The maximum absolute atomic E-state index is 11.8. The summed E-state index contributed by atoms with van der Waals surface area (Å²) < 4.78 is 6.38. The fraction of sp³-hybridized carbons (Fsp3) is 0.545. The van der Waals surface area contributed by atoms with Crippen molar-refractivity contribution in [3.05, 3.63) is 60.2 Å². The van der Waals surface area contributed by atoms with Gasteiger partial charge in [-0.15, -0.1) is 0 Å². The van der Waals surface area contributed by atoms with Crippen LogP contribution in [-0.2, 0) is 11.3 Å². The first-order valence-corrected chi connectivity index (χ1v) is 8.89. The van der Waals surface area contributed by atoms with Gasteiger partial charge in [0.15, 0.2) is 0 Å². The molecule has 0 saturated heterocycles. The van der Waals surface area contributed by atoms with Crippen LogP contribution in [0.2, 0.25) is 0 Å². The number of fused-ring (bicyclic) bond motifs is 3. The van der Waals surface area contributed by atoms with Gasteiger partial charge in [0, 0.05) is 5.41 Å². The Morgan fingerprint density at radius 2 is 1.88 bits per heavy atom. The predicted octanol–water partition coefficient (Wildman–Crippen LogP) is 4.89. The molecule has 0 radical (unpaired) electrons. The molecule has 0 unspecified atom stereocenters. The van der Waals surface area contributed by atoms with Crippen LogP contribution in [0.5, 0.6) is 0 Å². The third kappa shape index (κ3) is 2.16. The number of hydrogen-bond acceptors (Lipinski definition) is 2. The van der Waals surface area contributed by atoms with Gasteiger partial charge in [-0.3, -0.25) is 0 Å². The fourth-order valence-electron chi connectivity index (χ4n) is 5.16. The van der Waals surface area contributed by atoms with Crippen LogP contribution in [0.4, 0.5) is 0 Å². The minimum absolute atomic E-state index is 0.0456. The van der Waals surface area contributed by atoms with Crippen molar-refractivity contribution in [2.45, 2.75) is 58.8 Å². The Morgan fingerprint density at radius 3 is 2.46 bits per heavy atom. The molecule has 0 aliphatic heterocycles. The van der Waals surface area contributed by atoms with Crippen LogP contribution in [0.15, 0.2) is 54.6 Å². The minimum atomic E-state index is -1.06. The van der Waals surface area contributed by atoms with E-state index < -0.39 is 11.0 Å². The van der Waals surface area contributed by atoms with Gasteiger partial charge in [0.2, 0.25) is 0 Å². The van der Waals surface area contributed by atoms with Gasteiger partial charge in [0.25, 0.3) is 0 Å². The van der Waals surface area contributed by atoms with Crippen molar-refractivity contribution in [1.29, 1.82) is 0 Å². The molecule has 3 fully saturated rings. The summed E-state index contributed by atoms with van der Waals surface area (Å²) in [5.41, 5.74) is 1.55. The molecule has 2 nitrogen and oxygen atoms in total. The zero-order valence-electron chi connectivity index (χ0n) is 15.4. The summed E-state index contributed by atoms with van der Waals surface area (Å²) in [7, 11) is 0. The molecule has 2 heteroatoms. The Bertz CT molecular complexity index is 660. The summed E-state index contributed by atoms with van der Waals surface area (Å²) in [5, 5.41) is 11.8. The van der Waals surface area contributed by atoms with Crippen LogP contribution in [0, 0.1) is 16.7 Å². The first kappa shape index (κ1) is 17.4. The average Bonchev–Trinajstić information content (AvgIpc) is 2.54. The maximum Gasteiger partial charge on any atom is 0.120 e. The van der Waals surface area contributed by atoms with E-state index in [-0.39, 0.29) is 17.4 Å². The van der Waals surface area contributed by atoms with E-state index in [4.69, 9.17) is 4.74 Å². The van der Waals surface area contributed by atoms with E-state index in [1.807, 2.05) is 25.1 Å². The molecule has 130 valence electrons. The predicted molar refractivity (Wildman–Crippen MR) is 98.5 cm³/mol. The Morgan fingerprint density at radius 1 is 1.25 bits per heavy atom. The Labute approximate surface area is 146 Å². The molecule has 0 heterocycles. The van der Waals surface area contributed by atoms with E-state index in [1.165, 1.54) is 0 Å². The summed E-state index contributed by atoms with van der Waals surface area (Å²) in [6.45, 7) is 17.6. The lowest BCUT2D eigenvalue weighted by Crippen LogP contribution is -2.70. The standard InChI is InChI=1S/C22H30O2/c1-15(2)22(23)19(24-14-17-10-8-7-9-11-17)18-12-13-21(22,6)16(3)20(18,4)5/h7-11,18-19,23H,1,3,12-14H2,2,4-6H3/t18-,19+,21-,22+/m1/s1. The summed E-state index contributed by atoms with van der Waals surface area (Å²) in [5.74, 6) is 0.247. The van der Waals surface area contributed by atoms with E-state index in [1.54, 1.807) is 0 Å². The van der Waals surface area contributed by atoms with Gasteiger partial charge in [-0.05, 0) is 42.2 Å². The molecule has 3 aliphatic carbocycles. The fourth-order valence-corrected chi connectivity index (χ4v) is 5.16. The molecule has 0 amide bonds. The second kappa shape index (κ2) is 5.57. The number of hydrogen-bond donors (Lipinski definition) is 1. The van der Waals surface area contributed by atoms with Crippen molar-refractivity contribution in [1.82, 2.24) is 0 Å². The number of aliphatic hydroxyl groups is 1. The molecule has 1 N–H and O–H groups in total. The highest BCUT2D eigenvalue weighted by molar-refractivity contribution is 5.40. The van der Waals surface area contributed by atoms with Crippen molar-refractivity contribution >= 4 is 0 Å². The highest BCUT2D eigenvalue weighted by Crippen LogP contribution is 2.67. The van der Waals surface area contributed by atoms with Crippen LogP contribution in [0.1, 0.15) is 46.1 Å². The molecule has 0 aromatic heterocycles. The quantitative estimate of drug-likeness (QED) is 0.798. The van der Waals surface area contributed by atoms with Gasteiger partial charge in [0.1, 0.15) is 5.60 Å². The van der Waals surface area contributed by atoms with Gasteiger partial charge < -0.3 is 9.84 Å². The van der Waals surface area contributed by atoms with Crippen LogP contribution in [-0.4, -0.2) is 16.8 Å². The van der Waals surface area contributed by atoms with Crippen LogP contribution < -0.4 is 0 Å². The summed E-state index contributed by atoms with van der Waals surface area (Å²) in [6, 6.07) is 10.2. The SMILES string of the molecule is C=C1C(C)(C)[C@@H]2CC[C@@]1(C)[C@](O)(C(=C)C)[C@H]2OCc1ccccc1. The lowest BCUT2D eigenvalue weighted by Gasteiger charge is -2.67. The van der Waals surface area contributed by atoms with Crippen molar-refractivity contribution in [2.24, 2.45) is 16.7 Å². The van der Waals surface area contributed by atoms with Crippen molar-refractivity contribution in [3.8, 4) is 0 Å². The number of benzene rings is 1. The monoisotopic (exact) mass is 326 g/mol. The van der Waals surface area contributed by atoms with Crippen LogP contribution in [0.25, 0.3) is 0 Å². The van der Waals surface area contributed by atoms with Gasteiger partial charge in [-0.1, -0.05) is 69.8 Å². The molecule has 4 atom stereocenters. The van der Waals surface area contributed by atoms with E-state index in [0.717, 1.165) is 29.6 Å². The molecular weight excluding hydrogens is 296 g/mol. The smallest absolute Gasteiger partial charge is 0.120 e. The average molecular weight is 326 g/mol. The zero-order chi connectivity index (χ0) is 17.8. The summed E-state index contributed by atoms with van der Waals surface area (Å²) in [4.78, 5) is 0. The molecule has 24 heavy (non-hydrogen) atoms. The van der Waals surface area contributed by atoms with E-state index in [9.17, 15) is 5.11 Å². The van der Waals surface area contributed by atoms with E-state index in [2.05, 4.69) is 46.1 Å². The second-order valence-corrected chi connectivity index (χ2v) is 8.44. The first-order valence-electron chi connectivity index (χ1n) is 8.89. The molecular formula is C22H30O2. The van der Waals surface area contributed by atoms with Gasteiger partial charge in [-0.2, -0.15) is 0 Å². The Kier molecular flexibility index (Phi) is 4.05. The Hall–Kier alpha value is -1.38. The highest BCUT2D eigenvalue weighted by atomic mass is 16.5. The van der Waals surface area contributed by atoms with Gasteiger partial charge in [0.05, 0.1) is 12.7 Å². The Balaban J connectivity index is 1.99.